The molecule has 0 saturated carbocycles. The molecular weight excluding hydrogens is 536 g/mol. The van der Waals surface area contributed by atoms with Crippen molar-refractivity contribution < 1.29 is 55.4 Å². The molecule has 4 atom stereocenters. The number of fused-ring (bicyclic) bond motifs is 2. The largest absolute Gasteiger partial charge is 0.508 e. The average molecular weight is 563 g/mol. The predicted molar refractivity (Wildman–Crippen MR) is 142 cm³/mol. The lowest BCUT2D eigenvalue weighted by atomic mass is 9.79. The van der Waals surface area contributed by atoms with Crippen molar-refractivity contribution in [1.82, 2.24) is 0 Å². The van der Waals surface area contributed by atoms with Crippen molar-refractivity contribution in [3.63, 3.8) is 0 Å². The molecule has 9 N–H and O–H groups in total. The number of phenols is 8. The molecule has 0 bridgehead atoms. The summed E-state index contributed by atoms with van der Waals surface area (Å²) in [5, 5.41) is 93.6. The van der Waals surface area contributed by atoms with Gasteiger partial charge in [-0.25, -0.2) is 0 Å². The monoisotopic (exact) mass is 562 g/mol. The van der Waals surface area contributed by atoms with Gasteiger partial charge in [0.15, 0.2) is 23.0 Å². The minimum absolute atomic E-state index is 0.0444. The van der Waals surface area contributed by atoms with Crippen LogP contribution in [0.5, 0.6) is 57.5 Å². The molecule has 0 spiro atoms. The van der Waals surface area contributed by atoms with E-state index in [-0.39, 0.29) is 81.3 Å². The normalized spacial score (nSPS) is 21.3. The van der Waals surface area contributed by atoms with Crippen LogP contribution in [0.15, 0.2) is 54.6 Å². The lowest BCUT2D eigenvalue weighted by Crippen LogP contribution is -2.31. The summed E-state index contributed by atoms with van der Waals surface area (Å²) in [6.45, 7) is 0. The van der Waals surface area contributed by atoms with Gasteiger partial charge in [0.1, 0.15) is 46.7 Å². The molecule has 0 fully saturated rings. The van der Waals surface area contributed by atoms with E-state index in [1.165, 1.54) is 42.5 Å². The van der Waals surface area contributed by atoms with Crippen LogP contribution in [-0.4, -0.2) is 52.1 Å². The zero-order chi connectivity index (χ0) is 29.2. The zero-order valence-electron chi connectivity index (χ0n) is 21.3. The second-order valence-electron chi connectivity index (χ2n) is 10.2. The number of aromatic hydroxyl groups is 8. The van der Waals surface area contributed by atoms with Crippen LogP contribution in [0.4, 0.5) is 0 Å². The molecule has 0 amide bonds. The molecule has 11 heteroatoms. The molecule has 0 aromatic heterocycles. The summed E-state index contributed by atoms with van der Waals surface area (Å²) in [5.41, 5.74) is 1.37. The number of benzene rings is 4. The molecule has 4 aromatic carbocycles. The van der Waals surface area contributed by atoms with Gasteiger partial charge < -0.3 is 55.4 Å². The lowest BCUT2D eigenvalue weighted by Gasteiger charge is -2.37. The van der Waals surface area contributed by atoms with Gasteiger partial charge in [-0.05, 0) is 35.4 Å². The minimum Gasteiger partial charge on any atom is -0.508 e. The Morgan fingerprint density at radius 2 is 1.22 bits per heavy atom. The van der Waals surface area contributed by atoms with Crippen molar-refractivity contribution in [2.75, 3.05) is 0 Å². The van der Waals surface area contributed by atoms with Crippen LogP contribution in [0.1, 0.15) is 52.4 Å². The summed E-state index contributed by atoms with van der Waals surface area (Å²) < 4.78 is 12.3. The Bertz CT molecular complexity index is 1680. The molecule has 11 nitrogen and oxygen atoms in total. The van der Waals surface area contributed by atoms with Crippen LogP contribution in [0.3, 0.4) is 0 Å². The fourth-order valence-electron chi connectivity index (χ4n) is 5.67. The van der Waals surface area contributed by atoms with Crippen LogP contribution in [0.25, 0.3) is 0 Å². The van der Waals surface area contributed by atoms with E-state index in [0.717, 1.165) is 12.1 Å². The number of rotatable bonds is 3. The van der Waals surface area contributed by atoms with Gasteiger partial charge in [-0.2, -0.15) is 0 Å². The first-order valence-corrected chi connectivity index (χ1v) is 12.7. The van der Waals surface area contributed by atoms with E-state index in [1.807, 2.05) is 0 Å². The maximum atomic E-state index is 11.2. The van der Waals surface area contributed by atoms with Crippen molar-refractivity contribution in [2.45, 2.75) is 37.1 Å². The standard InChI is InChI=1S/C30H26O11/c31-14-7-22(37)27-16(10-25(40-26(27)8-14)12-1-3-17(32)20(35)5-12)28-23(38)11-19(34)15-9-24(39)29(41-30(15)28)13-2-4-18(33)21(36)6-13/h1-8,11,16,24-25,29,31-39H,9-10H2/t16-,24-,25+,29-/m1/s1. The van der Waals surface area contributed by atoms with Crippen molar-refractivity contribution in [3.05, 3.63) is 82.4 Å². The highest BCUT2D eigenvalue weighted by Gasteiger charge is 2.41. The Kier molecular flexibility index (Phi) is 6.04. The minimum atomic E-state index is -1.17. The number of phenolic OH excluding ortho intramolecular Hbond substituents is 8. The van der Waals surface area contributed by atoms with Gasteiger partial charge in [-0.1, -0.05) is 12.1 Å². The maximum Gasteiger partial charge on any atom is 0.157 e. The van der Waals surface area contributed by atoms with E-state index in [0.29, 0.717) is 11.1 Å². The van der Waals surface area contributed by atoms with Gasteiger partial charge >= 0.3 is 0 Å². The molecule has 212 valence electrons. The Hall–Kier alpha value is -5.16. The van der Waals surface area contributed by atoms with Gasteiger partial charge in [0, 0.05) is 53.6 Å². The first kappa shape index (κ1) is 26.1. The Morgan fingerprint density at radius 1 is 0.585 bits per heavy atom. The molecule has 0 unspecified atom stereocenters. The molecule has 4 aromatic rings. The van der Waals surface area contributed by atoms with Gasteiger partial charge in [0.05, 0.1) is 6.10 Å². The second-order valence-corrected chi connectivity index (χ2v) is 10.2. The Morgan fingerprint density at radius 3 is 1.90 bits per heavy atom. The van der Waals surface area contributed by atoms with Crippen molar-refractivity contribution in [3.8, 4) is 57.5 Å². The van der Waals surface area contributed by atoms with E-state index < -0.39 is 30.0 Å². The summed E-state index contributed by atoms with van der Waals surface area (Å²) in [7, 11) is 0. The molecule has 0 radical (unpaired) electrons. The molecule has 2 aliphatic rings. The highest BCUT2D eigenvalue weighted by atomic mass is 16.5. The molecule has 41 heavy (non-hydrogen) atoms. The van der Waals surface area contributed by atoms with Crippen LogP contribution in [0.2, 0.25) is 0 Å². The summed E-state index contributed by atoms with van der Waals surface area (Å²) in [5.74, 6) is -3.51. The number of hydrogen-bond acceptors (Lipinski definition) is 11. The van der Waals surface area contributed by atoms with Crippen molar-refractivity contribution >= 4 is 0 Å². The maximum absolute atomic E-state index is 11.2. The first-order valence-electron chi connectivity index (χ1n) is 12.7. The molecular formula is C30H26O11. The lowest BCUT2D eigenvalue weighted by molar-refractivity contribution is 0.0184. The van der Waals surface area contributed by atoms with Crippen molar-refractivity contribution in [2.24, 2.45) is 0 Å². The number of aliphatic hydroxyl groups excluding tert-OH is 1. The van der Waals surface area contributed by atoms with E-state index >= 15 is 0 Å². The first-order chi connectivity index (χ1) is 19.5. The Balaban J connectivity index is 1.52. The summed E-state index contributed by atoms with van der Waals surface area (Å²) in [6, 6.07) is 11.6. The fourth-order valence-corrected chi connectivity index (χ4v) is 5.67. The SMILES string of the molecule is Oc1cc(O)c2c(c1)O[C@H](c1ccc(O)c(O)c1)C[C@H]2c1c(O)cc(O)c2c1O[C@H](c1ccc(O)c(O)c1)[C@H](O)C2. The Labute approximate surface area is 232 Å². The fraction of sp³-hybridized carbons (Fsp3) is 0.200. The predicted octanol–water partition coefficient (Wildman–Crippen LogP) is 4.02. The molecule has 0 aliphatic carbocycles. The average Bonchev–Trinajstić information content (AvgIpc) is 2.91. The van der Waals surface area contributed by atoms with E-state index in [1.54, 1.807) is 0 Å². The third-order valence-electron chi connectivity index (χ3n) is 7.61. The quantitative estimate of drug-likeness (QED) is 0.163. The van der Waals surface area contributed by atoms with Gasteiger partial charge in [-0.3, -0.25) is 0 Å². The van der Waals surface area contributed by atoms with E-state index in [2.05, 4.69) is 0 Å². The highest BCUT2D eigenvalue weighted by Crippen LogP contribution is 2.57. The smallest absolute Gasteiger partial charge is 0.157 e. The summed E-state index contributed by atoms with van der Waals surface area (Å²) in [6.07, 6.45) is -3.03. The van der Waals surface area contributed by atoms with Crippen LogP contribution >= 0.6 is 0 Å². The summed E-state index contributed by atoms with van der Waals surface area (Å²) in [4.78, 5) is 0. The molecule has 2 aliphatic heterocycles. The van der Waals surface area contributed by atoms with Crippen LogP contribution < -0.4 is 9.47 Å². The van der Waals surface area contributed by atoms with E-state index in [9.17, 15) is 46.0 Å². The number of hydrogen-bond donors (Lipinski definition) is 9. The topological polar surface area (TPSA) is 201 Å². The highest BCUT2D eigenvalue weighted by molar-refractivity contribution is 5.65. The van der Waals surface area contributed by atoms with Gasteiger partial charge in [0.25, 0.3) is 0 Å². The number of ether oxygens (including phenoxy) is 2. The molecule has 6 rings (SSSR count). The van der Waals surface area contributed by atoms with Crippen molar-refractivity contribution in [1.29, 1.82) is 0 Å². The second kappa shape index (κ2) is 9.49. The number of aliphatic hydroxyl groups is 1. The molecule has 2 heterocycles. The van der Waals surface area contributed by atoms with Crippen LogP contribution in [-0.2, 0) is 6.42 Å². The van der Waals surface area contributed by atoms with Gasteiger partial charge in [0.2, 0.25) is 0 Å². The third-order valence-corrected chi connectivity index (χ3v) is 7.61. The third kappa shape index (κ3) is 4.36. The van der Waals surface area contributed by atoms with E-state index in [4.69, 9.17) is 9.47 Å². The van der Waals surface area contributed by atoms with Crippen LogP contribution in [0, 0.1) is 0 Å². The zero-order valence-corrected chi connectivity index (χ0v) is 21.3. The molecule has 0 saturated heterocycles. The summed E-state index contributed by atoms with van der Waals surface area (Å²) >= 11 is 0. The van der Waals surface area contributed by atoms with Gasteiger partial charge in [-0.15, -0.1) is 0 Å².